The Labute approximate surface area is 120 Å². The van der Waals surface area contributed by atoms with E-state index >= 15 is 0 Å². The molecule has 0 radical (unpaired) electrons. The molecule has 3 nitrogen and oxygen atoms in total. The van der Waals surface area contributed by atoms with E-state index in [9.17, 15) is 4.79 Å². The molecule has 0 aliphatic carbocycles. The van der Waals surface area contributed by atoms with Crippen molar-refractivity contribution in [3.63, 3.8) is 0 Å². The SMILES string of the molecule is CC(C)(C)C(=O)Nc1ccc(Nc2ccccc2)cc1. The maximum absolute atomic E-state index is 11.9. The molecule has 2 aromatic rings. The Morgan fingerprint density at radius 2 is 1.30 bits per heavy atom. The van der Waals surface area contributed by atoms with Crippen LogP contribution in [0.4, 0.5) is 17.1 Å². The minimum atomic E-state index is -0.388. The summed E-state index contributed by atoms with van der Waals surface area (Å²) in [6.45, 7) is 5.69. The number of rotatable bonds is 3. The van der Waals surface area contributed by atoms with Gasteiger partial charge in [-0.05, 0) is 36.4 Å². The first kappa shape index (κ1) is 14.1. The van der Waals surface area contributed by atoms with E-state index in [-0.39, 0.29) is 11.3 Å². The maximum atomic E-state index is 11.9. The van der Waals surface area contributed by atoms with E-state index < -0.39 is 0 Å². The number of amides is 1. The van der Waals surface area contributed by atoms with Crippen molar-refractivity contribution in [1.82, 2.24) is 0 Å². The Bertz CT molecular complexity index is 568. The molecule has 0 heterocycles. The van der Waals surface area contributed by atoms with Crippen LogP contribution < -0.4 is 10.6 Å². The molecule has 0 bridgehead atoms. The molecular weight excluding hydrogens is 248 g/mol. The third-order valence-electron chi connectivity index (χ3n) is 2.89. The van der Waals surface area contributed by atoms with Gasteiger partial charge in [0.2, 0.25) is 5.91 Å². The highest BCUT2D eigenvalue weighted by molar-refractivity contribution is 5.94. The largest absolute Gasteiger partial charge is 0.356 e. The molecule has 0 unspecified atom stereocenters. The summed E-state index contributed by atoms with van der Waals surface area (Å²) in [6.07, 6.45) is 0. The first-order chi connectivity index (χ1) is 9.45. The quantitative estimate of drug-likeness (QED) is 0.865. The number of carbonyl (C=O) groups is 1. The van der Waals surface area contributed by atoms with Crippen LogP contribution in [0.1, 0.15) is 20.8 Å². The van der Waals surface area contributed by atoms with Crippen LogP contribution in [0.2, 0.25) is 0 Å². The summed E-state index contributed by atoms with van der Waals surface area (Å²) in [5, 5.41) is 6.21. The van der Waals surface area contributed by atoms with Gasteiger partial charge in [-0.15, -0.1) is 0 Å². The molecule has 0 saturated heterocycles. The Morgan fingerprint density at radius 1 is 0.800 bits per heavy atom. The zero-order valence-electron chi connectivity index (χ0n) is 12.1. The minimum Gasteiger partial charge on any atom is -0.356 e. The van der Waals surface area contributed by atoms with Crippen molar-refractivity contribution in [2.75, 3.05) is 10.6 Å². The van der Waals surface area contributed by atoms with E-state index in [0.29, 0.717) is 0 Å². The summed E-state index contributed by atoms with van der Waals surface area (Å²) in [5.74, 6) is 0.0151. The zero-order chi connectivity index (χ0) is 14.6. The molecule has 0 aromatic heterocycles. The van der Waals surface area contributed by atoms with Crippen molar-refractivity contribution in [3.05, 3.63) is 54.6 Å². The molecule has 0 aliphatic heterocycles. The molecule has 2 N–H and O–H groups in total. The topological polar surface area (TPSA) is 41.1 Å². The Kier molecular flexibility index (Phi) is 4.08. The van der Waals surface area contributed by atoms with E-state index in [0.717, 1.165) is 17.1 Å². The number of benzene rings is 2. The lowest BCUT2D eigenvalue weighted by Crippen LogP contribution is -2.27. The van der Waals surface area contributed by atoms with Crippen molar-refractivity contribution in [2.24, 2.45) is 5.41 Å². The highest BCUT2D eigenvalue weighted by Gasteiger charge is 2.20. The molecule has 0 atom stereocenters. The van der Waals surface area contributed by atoms with E-state index in [1.807, 2.05) is 75.4 Å². The molecule has 3 heteroatoms. The van der Waals surface area contributed by atoms with Gasteiger partial charge in [-0.3, -0.25) is 4.79 Å². The molecule has 20 heavy (non-hydrogen) atoms. The molecule has 2 rings (SSSR count). The number of carbonyl (C=O) groups excluding carboxylic acids is 1. The van der Waals surface area contributed by atoms with Crippen LogP contribution in [0.5, 0.6) is 0 Å². The lowest BCUT2D eigenvalue weighted by atomic mass is 9.95. The van der Waals surface area contributed by atoms with Crippen molar-refractivity contribution in [2.45, 2.75) is 20.8 Å². The monoisotopic (exact) mass is 268 g/mol. The first-order valence-electron chi connectivity index (χ1n) is 6.69. The second-order valence-corrected chi connectivity index (χ2v) is 5.77. The van der Waals surface area contributed by atoms with Crippen LogP contribution in [0, 0.1) is 5.41 Å². The third kappa shape index (κ3) is 3.85. The third-order valence-corrected chi connectivity index (χ3v) is 2.89. The fourth-order valence-corrected chi connectivity index (χ4v) is 1.64. The van der Waals surface area contributed by atoms with Crippen molar-refractivity contribution < 1.29 is 4.79 Å². The molecule has 0 fully saturated rings. The van der Waals surface area contributed by atoms with E-state index in [4.69, 9.17) is 0 Å². The maximum Gasteiger partial charge on any atom is 0.229 e. The second-order valence-electron chi connectivity index (χ2n) is 5.77. The summed E-state index contributed by atoms with van der Waals surface area (Å²) in [7, 11) is 0. The van der Waals surface area contributed by atoms with Gasteiger partial charge in [0, 0.05) is 22.5 Å². The number of anilines is 3. The highest BCUT2D eigenvalue weighted by Crippen LogP contribution is 2.21. The Hall–Kier alpha value is -2.29. The molecule has 0 spiro atoms. The van der Waals surface area contributed by atoms with Gasteiger partial charge >= 0.3 is 0 Å². The zero-order valence-corrected chi connectivity index (χ0v) is 12.1. The number of para-hydroxylation sites is 1. The number of hydrogen-bond acceptors (Lipinski definition) is 2. The van der Waals surface area contributed by atoms with Crippen LogP contribution >= 0.6 is 0 Å². The Balaban J connectivity index is 2.02. The van der Waals surface area contributed by atoms with E-state index in [1.54, 1.807) is 0 Å². The standard InChI is InChI=1S/C17H20N2O/c1-17(2,3)16(20)19-15-11-9-14(10-12-15)18-13-7-5-4-6-8-13/h4-12,18H,1-3H3,(H,19,20). The predicted octanol–water partition coefficient (Wildman–Crippen LogP) is 4.41. The Morgan fingerprint density at radius 3 is 1.85 bits per heavy atom. The van der Waals surface area contributed by atoms with E-state index in [2.05, 4.69) is 10.6 Å². The van der Waals surface area contributed by atoms with Gasteiger partial charge in [0.1, 0.15) is 0 Å². The number of hydrogen-bond donors (Lipinski definition) is 2. The lowest BCUT2D eigenvalue weighted by molar-refractivity contribution is -0.123. The average molecular weight is 268 g/mol. The van der Waals surface area contributed by atoms with Gasteiger partial charge in [-0.25, -0.2) is 0 Å². The summed E-state index contributed by atoms with van der Waals surface area (Å²) in [4.78, 5) is 11.9. The van der Waals surface area contributed by atoms with Gasteiger partial charge in [0.05, 0.1) is 0 Å². The molecule has 0 saturated carbocycles. The first-order valence-corrected chi connectivity index (χ1v) is 6.69. The smallest absolute Gasteiger partial charge is 0.229 e. The summed E-state index contributed by atoms with van der Waals surface area (Å²) < 4.78 is 0. The van der Waals surface area contributed by atoms with Crippen molar-refractivity contribution in [3.8, 4) is 0 Å². The molecule has 1 amide bonds. The normalized spacial score (nSPS) is 10.9. The van der Waals surface area contributed by atoms with Crippen LogP contribution in [0.25, 0.3) is 0 Å². The van der Waals surface area contributed by atoms with Gasteiger partial charge < -0.3 is 10.6 Å². The summed E-state index contributed by atoms with van der Waals surface area (Å²) in [6, 6.07) is 17.7. The van der Waals surface area contributed by atoms with E-state index in [1.165, 1.54) is 0 Å². The molecule has 2 aromatic carbocycles. The predicted molar refractivity (Wildman–Crippen MR) is 84.3 cm³/mol. The average Bonchev–Trinajstić information content (AvgIpc) is 2.41. The summed E-state index contributed by atoms with van der Waals surface area (Å²) >= 11 is 0. The van der Waals surface area contributed by atoms with Crippen LogP contribution in [-0.4, -0.2) is 5.91 Å². The van der Waals surface area contributed by atoms with Gasteiger partial charge in [0.25, 0.3) is 0 Å². The fraction of sp³-hybridized carbons (Fsp3) is 0.235. The molecule has 0 aliphatic rings. The van der Waals surface area contributed by atoms with Gasteiger partial charge in [-0.2, -0.15) is 0 Å². The van der Waals surface area contributed by atoms with Crippen LogP contribution in [-0.2, 0) is 4.79 Å². The second kappa shape index (κ2) is 5.78. The van der Waals surface area contributed by atoms with Gasteiger partial charge in [-0.1, -0.05) is 39.0 Å². The van der Waals surface area contributed by atoms with Crippen molar-refractivity contribution in [1.29, 1.82) is 0 Å². The summed E-state index contributed by atoms with van der Waals surface area (Å²) in [5.41, 5.74) is 2.45. The minimum absolute atomic E-state index is 0.0151. The van der Waals surface area contributed by atoms with Crippen LogP contribution in [0.3, 0.4) is 0 Å². The lowest BCUT2D eigenvalue weighted by Gasteiger charge is -2.17. The fourth-order valence-electron chi connectivity index (χ4n) is 1.64. The number of nitrogens with one attached hydrogen (secondary N) is 2. The molecular formula is C17H20N2O. The van der Waals surface area contributed by atoms with Crippen LogP contribution in [0.15, 0.2) is 54.6 Å². The highest BCUT2D eigenvalue weighted by atomic mass is 16.2. The van der Waals surface area contributed by atoms with Crippen molar-refractivity contribution >= 4 is 23.0 Å². The van der Waals surface area contributed by atoms with Gasteiger partial charge in [0.15, 0.2) is 0 Å². The molecule has 104 valence electrons.